The number of nitrogens with one attached hydrogen (secondary N) is 1. The lowest BCUT2D eigenvalue weighted by Gasteiger charge is -2.34. The molecule has 0 aliphatic rings. The molecule has 0 heterocycles. The molecule has 0 spiro atoms. The molecule has 4 aromatic rings. The fraction of sp³-hybridized carbons (Fsp3) is 0.242. The maximum atomic E-state index is 14.5. The summed E-state index contributed by atoms with van der Waals surface area (Å²) in [6.07, 6.45) is 0.195. The summed E-state index contributed by atoms with van der Waals surface area (Å²) in [5, 5.41) is 4.66. The average Bonchev–Trinajstić information content (AvgIpc) is 3.01. The van der Waals surface area contributed by atoms with Crippen molar-refractivity contribution in [2.45, 2.75) is 31.5 Å². The summed E-state index contributed by atoms with van der Waals surface area (Å²) in [6.45, 7) is 0.275. The molecule has 4 aromatic carbocycles. The highest BCUT2D eigenvalue weighted by Crippen LogP contribution is 2.21. The van der Waals surface area contributed by atoms with Crippen LogP contribution in [0.1, 0.15) is 27.0 Å². The van der Waals surface area contributed by atoms with Crippen LogP contribution < -0.4 is 11.1 Å². The van der Waals surface area contributed by atoms with E-state index in [4.69, 9.17) is 5.73 Å². The van der Waals surface area contributed by atoms with Crippen LogP contribution in [0.5, 0.6) is 0 Å². The van der Waals surface area contributed by atoms with Gasteiger partial charge in [0.05, 0.1) is 0 Å². The lowest BCUT2D eigenvalue weighted by Crippen LogP contribution is -2.55. The molecule has 2 atom stereocenters. The molecule has 7 nitrogen and oxygen atoms in total. The molecular weight excluding hydrogens is 519 g/mol. The van der Waals surface area contributed by atoms with Crippen LogP contribution in [0.2, 0.25) is 0 Å². The second-order valence-corrected chi connectivity index (χ2v) is 10.1. The second-order valence-electron chi connectivity index (χ2n) is 10.1. The van der Waals surface area contributed by atoms with Crippen LogP contribution in [0.3, 0.4) is 0 Å². The molecule has 212 valence electrons. The molecular formula is C33H35FN4O3. The van der Waals surface area contributed by atoms with E-state index in [0.717, 1.165) is 21.9 Å². The first-order valence-electron chi connectivity index (χ1n) is 13.5. The number of fused-ring (bicyclic) bond motifs is 1. The number of amides is 3. The van der Waals surface area contributed by atoms with E-state index < -0.39 is 29.7 Å². The van der Waals surface area contributed by atoms with Gasteiger partial charge in [0.2, 0.25) is 11.8 Å². The van der Waals surface area contributed by atoms with Crippen molar-refractivity contribution in [1.82, 2.24) is 15.1 Å². The Kier molecular flexibility index (Phi) is 9.47. The van der Waals surface area contributed by atoms with Gasteiger partial charge in [-0.1, -0.05) is 72.8 Å². The molecule has 41 heavy (non-hydrogen) atoms. The summed E-state index contributed by atoms with van der Waals surface area (Å²) in [5.41, 5.74) is 8.16. The summed E-state index contributed by atoms with van der Waals surface area (Å²) in [7, 11) is 4.58. The third-order valence-electron chi connectivity index (χ3n) is 7.46. The number of halogens is 1. The summed E-state index contributed by atoms with van der Waals surface area (Å²) < 4.78 is 14.5. The van der Waals surface area contributed by atoms with E-state index in [9.17, 15) is 18.8 Å². The fourth-order valence-electron chi connectivity index (χ4n) is 4.99. The van der Waals surface area contributed by atoms with E-state index in [1.807, 2.05) is 48.5 Å². The fourth-order valence-corrected chi connectivity index (χ4v) is 4.99. The number of hydrogen-bond acceptors (Lipinski definition) is 4. The van der Waals surface area contributed by atoms with E-state index in [-0.39, 0.29) is 25.3 Å². The minimum absolute atomic E-state index is 0.0203. The Morgan fingerprint density at radius 2 is 1.49 bits per heavy atom. The van der Waals surface area contributed by atoms with Gasteiger partial charge in [-0.05, 0) is 45.7 Å². The molecule has 0 aliphatic carbocycles. The van der Waals surface area contributed by atoms with Crippen molar-refractivity contribution in [3.8, 4) is 0 Å². The predicted molar refractivity (Wildman–Crippen MR) is 159 cm³/mol. The Morgan fingerprint density at radius 3 is 2.20 bits per heavy atom. The van der Waals surface area contributed by atoms with Crippen molar-refractivity contribution in [2.75, 3.05) is 21.1 Å². The zero-order chi connectivity index (χ0) is 29.5. The molecule has 3 N–H and O–H groups in total. The Balaban J connectivity index is 1.70. The number of likely N-dealkylation sites (N-methyl/N-ethyl adjacent to an activating group) is 3. The van der Waals surface area contributed by atoms with E-state index in [2.05, 4.69) is 5.32 Å². The number of rotatable bonds is 10. The molecule has 0 saturated carbocycles. The lowest BCUT2D eigenvalue weighted by molar-refractivity contribution is -0.142. The number of nitrogens with two attached hydrogens (primary N) is 1. The maximum absolute atomic E-state index is 14.5. The van der Waals surface area contributed by atoms with Crippen LogP contribution in [0, 0.1) is 5.82 Å². The molecule has 0 aromatic heterocycles. The van der Waals surface area contributed by atoms with E-state index >= 15 is 0 Å². The van der Waals surface area contributed by atoms with Crippen molar-refractivity contribution in [1.29, 1.82) is 0 Å². The number of carbonyl (C=O) groups excluding carboxylic acids is 3. The van der Waals surface area contributed by atoms with Crippen molar-refractivity contribution in [2.24, 2.45) is 5.73 Å². The van der Waals surface area contributed by atoms with Gasteiger partial charge in [0, 0.05) is 46.1 Å². The first-order valence-corrected chi connectivity index (χ1v) is 13.5. The van der Waals surface area contributed by atoms with Crippen molar-refractivity contribution in [3.63, 3.8) is 0 Å². The summed E-state index contributed by atoms with van der Waals surface area (Å²) in [6, 6.07) is 25.0. The molecule has 4 rings (SSSR count). The van der Waals surface area contributed by atoms with Crippen molar-refractivity contribution >= 4 is 28.5 Å². The minimum atomic E-state index is -0.993. The standard InChI is InChI=1S/C33H35FN4O3/c1-36-31(39)29(20-26-12-6-7-14-28(26)34)37(2)33(41)30(19-22-15-16-24-10-4-5-11-25(24)17-22)38(3)32(40)27-13-8-9-23(18-27)21-35/h4-18,29-30H,19-21,35H2,1-3H3,(H,36,39)/t29-,30-/m1/s1. The van der Waals surface area contributed by atoms with Crippen LogP contribution >= 0.6 is 0 Å². The van der Waals surface area contributed by atoms with Crippen molar-refractivity contribution < 1.29 is 18.8 Å². The predicted octanol–water partition coefficient (Wildman–Crippen LogP) is 3.94. The molecule has 0 aliphatic heterocycles. The number of benzene rings is 4. The highest BCUT2D eigenvalue weighted by molar-refractivity contribution is 5.98. The zero-order valence-electron chi connectivity index (χ0n) is 23.5. The highest BCUT2D eigenvalue weighted by atomic mass is 19.1. The summed E-state index contributed by atoms with van der Waals surface area (Å²) in [5.74, 6) is -1.67. The van der Waals surface area contributed by atoms with E-state index in [0.29, 0.717) is 11.1 Å². The van der Waals surface area contributed by atoms with Gasteiger partial charge in [0.1, 0.15) is 17.9 Å². The van der Waals surface area contributed by atoms with Crippen molar-refractivity contribution in [3.05, 3.63) is 119 Å². The topological polar surface area (TPSA) is 95.7 Å². The van der Waals surface area contributed by atoms with Gasteiger partial charge in [-0.15, -0.1) is 0 Å². The normalized spacial score (nSPS) is 12.4. The first kappa shape index (κ1) is 29.4. The minimum Gasteiger partial charge on any atom is -0.357 e. The summed E-state index contributed by atoms with van der Waals surface area (Å²) >= 11 is 0. The Labute approximate surface area is 239 Å². The van der Waals surface area contributed by atoms with Crippen LogP contribution in [0.25, 0.3) is 10.8 Å². The van der Waals surface area contributed by atoms with Crippen LogP contribution in [-0.4, -0.2) is 60.7 Å². The molecule has 0 radical (unpaired) electrons. The third kappa shape index (κ3) is 6.78. The average molecular weight is 555 g/mol. The molecule has 8 heteroatoms. The Morgan fingerprint density at radius 1 is 0.780 bits per heavy atom. The van der Waals surface area contributed by atoms with Crippen LogP contribution in [0.15, 0.2) is 91.0 Å². The second kappa shape index (κ2) is 13.2. The van der Waals surface area contributed by atoms with Crippen LogP contribution in [-0.2, 0) is 29.0 Å². The van der Waals surface area contributed by atoms with Gasteiger partial charge in [-0.25, -0.2) is 4.39 Å². The third-order valence-corrected chi connectivity index (χ3v) is 7.46. The van der Waals surface area contributed by atoms with E-state index in [1.165, 1.54) is 30.0 Å². The van der Waals surface area contributed by atoms with Gasteiger partial charge in [-0.3, -0.25) is 14.4 Å². The maximum Gasteiger partial charge on any atom is 0.254 e. The molecule has 0 saturated heterocycles. The van der Waals surface area contributed by atoms with Gasteiger partial charge in [0.15, 0.2) is 0 Å². The highest BCUT2D eigenvalue weighted by Gasteiger charge is 2.35. The monoisotopic (exact) mass is 554 g/mol. The molecule has 0 bridgehead atoms. The summed E-state index contributed by atoms with van der Waals surface area (Å²) in [4.78, 5) is 43.6. The lowest BCUT2D eigenvalue weighted by atomic mass is 9.98. The number of carbonyl (C=O) groups is 3. The first-order chi connectivity index (χ1) is 19.7. The van der Waals surface area contributed by atoms with Gasteiger partial charge in [-0.2, -0.15) is 0 Å². The zero-order valence-corrected chi connectivity index (χ0v) is 23.5. The SMILES string of the molecule is CNC(=O)[C@@H](Cc1ccccc1F)N(C)C(=O)[C@@H](Cc1ccc2ccccc2c1)N(C)C(=O)c1cccc(CN)c1. The quantitative estimate of drug-likeness (QED) is 0.311. The van der Waals surface area contributed by atoms with Crippen LogP contribution in [0.4, 0.5) is 4.39 Å². The smallest absolute Gasteiger partial charge is 0.254 e. The largest absolute Gasteiger partial charge is 0.357 e. The Bertz CT molecular complexity index is 1560. The molecule has 0 unspecified atom stereocenters. The van der Waals surface area contributed by atoms with Gasteiger partial charge >= 0.3 is 0 Å². The van der Waals surface area contributed by atoms with Gasteiger partial charge < -0.3 is 20.9 Å². The Hall–Kier alpha value is -4.56. The molecule has 3 amide bonds. The van der Waals surface area contributed by atoms with Gasteiger partial charge in [0.25, 0.3) is 5.91 Å². The number of hydrogen-bond donors (Lipinski definition) is 2. The molecule has 0 fully saturated rings. The number of nitrogens with zero attached hydrogens (tertiary/aromatic N) is 2. The van der Waals surface area contributed by atoms with E-state index in [1.54, 1.807) is 43.4 Å².